The normalized spacial score (nSPS) is 10.7. The van der Waals surface area contributed by atoms with Gasteiger partial charge in [0, 0.05) is 10.9 Å². The van der Waals surface area contributed by atoms with Crippen molar-refractivity contribution in [3.63, 3.8) is 0 Å². The lowest BCUT2D eigenvalue weighted by Gasteiger charge is -2.09. The maximum absolute atomic E-state index is 12.3. The third-order valence-electron chi connectivity index (χ3n) is 3.12. The summed E-state index contributed by atoms with van der Waals surface area (Å²) in [5.41, 5.74) is 0.510. The second-order valence-electron chi connectivity index (χ2n) is 4.28. The highest BCUT2D eigenvalue weighted by Crippen LogP contribution is 2.32. The topological polar surface area (TPSA) is 39.4 Å². The summed E-state index contributed by atoms with van der Waals surface area (Å²) >= 11 is 2.20. The molecule has 0 aliphatic carbocycles. The van der Waals surface area contributed by atoms with E-state index < -0.39 is 0 Å². The molecule has 1 heterocycles. The summed E-state index contributed by atoms with van der Waals surface area (Å²) in [6, 6.07) is 15.2. The smallest absolute Gasteiger partial charge is 0.348 e. The van der Waals surface area contributed by atoms with Crippen LogP contribution in [0.25, 0.3) is 22.1 Å². The second kappa shape index (κ2) is 5.28. The number of ether oxygens (including phenoxy) is 1. The second-order valence-corrected chi connectivity index (χ2v) is 5.36. The lowest BCUT2D eigenvalue weighted by molar-refractivity contribution is 0.417. The molecule has 0 unspecified atom stereocenters. The van der Waals surface area contributed by atoms with Gasteiger partial charge in [-0.3, -0.25) is 0 Å². The summed E-state index contributed by atoms with van der Waals surface area (Å²) in [6.07, 6.45) is 0. The predicted molar refractivity (Wildman–Crippen MR) is 87.2 cm³/mol. The minimum Gasteiger partial charge on any atom is -0.496 e. The van der Waals surface area contributed by atoms with Gasteiger partial charge in [-0.1, -0.05) is 42.5 Å². The fourth-order valence-corrected chi connectivity index (χ4v) is 3.05. The molecular weight excluding hydrogens is 367 g/mol. The molecule has 0 saturated carbocycles. The van der Waals surface area contributed by atoms with Crippen LogP contribution in [-0.4, -0.2) is 7.11 Å². The first-order valence-corrected chi connectivity index (χ1v) is 7.15. The molecule has 1 aromatic heterocycles. The van der Waals surface area contributed by atoms with Crippen LogP contribution in [0.5, 0.6) is 5.75 Å². The molecule has 0 aliphatic rings. The van der Waals surface area contributed by atoms with Gasteiger partial charge in [0.1, 0.15) is 11.1 Å². The van der Waals surface area contributed by atoms with Gasteiger partial charge in [-0.15, -0.1) is 0 Å². The van der Waals surface area contributed by atoms with Gasteiger partial charge in [0.15, 0.2) is 5.76 Å². The zero-order valence-electron chi connectivity index (χ0n) is 10.7. The van der Waals surface area contributed by atoms with Crippen LogP contribution in [0.15, 0.2) is 57.7 Å². The van der Waals surface area contributed by atoms with Gasteiger partial charge in [-0.05, 0) is 28.7 Å². The van der Waals surface area contributed by atoms with E-state index >= 15 is 0 Å². The van der Waals surface area contributed by atoms with Crippen molar-refractivity contribution in [3.8, 4) is 17.1 Å². The van der Waals surface area contributed by atoms with E-state index in [-0.39, 0.29) is 5.63 Å². The standard InChI is InChI=1S/C16H11IO3/c1-19-12-9-5-8-11-13(12)16(18)20-15(14(11)17)10-6-3-2-4-7-10/h2-9H,1H3. The maximum atomic E-state index is 12.3. The number of rotatable bonds is 2. The van der Waals surface area contributed by atoms with Crippen molar-refractivity contribution >= 4 is 33.4 Å². The van der Waals surface area contributed by atoms with Gasteiger partial charge in [0.05, 0.1) is 10.7 Å². The van der Waals surface area contributed by atoms with Gasteiger partial charge in [0.2, 0.25) is 0 Å². The summed E-state index contributed by atoms with van der Waals surface area (Å²) in [5, 5.41) is 1.33. The van der Waals surface area contributed by atoms with E-state index in [9.17, 15) is 4.79 Å². The molecule has 4 heteroatoms. The molecule has 3 rings (SSSR count). The average molecular weight is 378 g/mol. The molecular formula is C16H11IO3. The van der Waals surface area contributed by atoms with E-state index in [1.165, 1.54) is 0 Å². The van der Waals surface area contributed by atoms with Gasteiger partial charge >= 0.3 is 5.63 Å². The molecule has 20 heavy (non-hydrogen) atoms. The first kappa shape index (κ1) is 13.2. The van der Waals surface area contributed by atoms with Crippen molar-refractivity contribution in [2.45, 2.75) is 0 Å². The number of hydrogen-bond acceptors (Lipinski definition) is 3. The van der Waals surface area contributed by atoms with Crippen LogP contribution >= 0.6 is 22.6 Å². The van der Waals surface area contributed by atoms with Gasteiger partial charge in [-0.2, -0.15) is 0 Å². The molecule has 3 nitrogen and oxygen atoms in total. The van der Waals surface area contributed by atoms with E-state index in [1.54, 1.807) is 13.2 Å². The third-order valence-corrected chi connectivity index (χ3v) is 4.19. The van der Waals surface area contributed by atoms with Crippen molar-refractivity contribution in [2.24, 2.45) is 0 Å². The molecule has 0 bridgehead atoms. The Morgan fingerprint density at radius 1 is 1.05 bits per heavy atom. The highest BCUT2D eigenvalue weighted by atomic mass is 127. The lowest BCUT2D eigenvalue weighted by atomic mass is 10.1. The zero-order valence-corrected chi connectivity index (χ0v) is 12.9. The third kappa shape index (κ3) is 2.10. The zero-order chi connectivity index (χ0) is 14.1. The lowest BCUT2D eigenvalue weighted by Crippen LogP contribution is -2.04. The molecule has 2 aromatic carbocycles. The van der Waals surface area contributed by atoms with Gasteiger partial charge in [-0.25, -0.2) is 4.79 Å². The maximum Gasteiger partial charge on any atom is 0.348 e. The van der Waals surface area contributed by atoms with E-state index in [0.717, 1.165) is 14.5 Å². The SMILES string of the molecule is COc1cccc2c(I)c(-c3ccccc3)oc(=O)c12. The Labute approximate surface area is 129 Å². The number of methoxy groups -OCH3 is 1. The molecule has 0 fully saturated rings. The van der Waals surface area contributed by atoms with Crippen molar-refractivity contribution in [1.82, 2.24) is 0 Å². The predicted octanol–water partition coefficient (Wildman–Crippen LogP) is 4.07. The van der Waals surface area contributed by atoms with E-state index in [2.05, 4.69) is 22.6 Å². The van der Waals surface area contributed by atoms with Crippen molar-refractivity contribution in [1.29, 1.82) is 0 Å². The molecule has 0 spiro atoms. The number of benzene rings is 2. The first-order chi connectivity index (χ1) is 9.72. The Kier molecular flexibility index (Phi) is 3.48. The number of halogens is 1. The fourth-order valence-electron chi connectivity index (χ4n) is 2.18. The molecule has 100 valence electrons. The van der Waals surface area contributed by atoms with Crippen LogP contribution in [0.4, 0.5) is 0 Å². The highest BCUT2D eigenvalue weighted by Gasteiger charge is 2.15. The van der Waals surface area contributed by atoms with Crippen molar-refractivity contribution in [2.75, 3.05) is 7.11 Å². The quantitative estimate of drug-likeness (QED) is 0.631. The van der Waals surface area contributed by atoms with Crippen LogP contribution in [0, 0.1) is 3.57 Å². The highest BCUT2D eigenvalue weighted by molar-refractivity contribution is 14.1. The Balaban J connectivity index is 2.39. The number of fused-ring (bicyclic) bond motifs is 1. The van der Waals surface area contributed by atoms with Gasteiger partial charge < -0.3 is 9.15 Å². The molecule has 3 aromatic rings. The Morgan fingerprint density at radius 3 is 2.50 bits per heavy atom. The average Bonchev–Trinajstić information content (AvgIpc) is 2.51. The van der Waals surface area contributed by atoms with E-state index in [4.69, 9.17) is 9.15 Å². The van der Waals surface area contributed by atoms with Crippen molar-refractivity contribution in [3.05, 3.63) is 62.5 Å². The summed E-state index contributed by atoms with van der Waals surface area (Å²) in [5.74, 6) is 1.13. The fraction of sp³-hybridized carbons (Fsp3) is 0.0625. The Bertz CT molecular complexity index is 822. The molecule has 0 atom stereocenters. The minimum absolute atomic E-state index is 0.378. The molecule has 0 N–H and O–H groups in total. The molecule has 0 amide bonds. The number of hydrogen-bond donors (Lipinski definition) is 0. The monoisotopic (exact) mass is 378 g/mol. The van der Waals surface area contributed by atoms with Crippen LogP contribution in [0.2, 0.25) is 0 Å². The summed E-state index contributed by atoms with van der Waals surface area (Å²) in [6.45, 7) is 0. The van der Waals surface area contributed by atoms with Crippen LogP contribution in [0.1, 0.15) is 0 Å². The van der Waals surface area contributed by atoms with Gasteiger partial charge in [0.25, 0.3) is 0 Å². The van der Waals surface area contributed by atoms with Crippen LogP contribution < -0.4 is 10.4 Å². The minimum atomic E-state index is -0.378. The summed E-state index contributed by atoms with van der Waals surface area (Å²) in [7, 11) is 1.55. The van der Waals surface area contributed by atoms with Crippen LogP contribution in [-0.2, 0) is 0 Å². The van der Waals surface area contributed by atoms with Crippen molar-refractivity contribution < 1.29 is 9.15 Å². The molecule has 0 aliphatic heterocycles. The molecule has 0 radical (unpaired) electrons. The molecule has 0 saturated heterocycles. The Morgan fingerprint density at radius 2 is 1.80 bits per heavy atom. The van der Waals surface area contributed by atoms with E-state index in [1.807, 2.05) is 42.5 Å². The summed E-state index contributed by atoms with van der Waals surface area (Å²) < 4.78 is 11.7. The first-order valence-electron chi connectivity index (χ1n) is 6.07. The largest absolute Gasteiger partial charge is 0.496 e. The van der Waals surface area contributed by atoms with E-state index in [0.29, 0.717) is 16.9 Å². The Hall–Kier alpha value is -1.82. The van der Waals surface area contributed by atoms with Crippen LogP contribution in [0.3, 0.4) is 0 Å². The summed E-state index contributed by atoms with van der Waals surface area (Å²) in [4.78, 5) is 12.3.